The van der Waals surface area contributed by atoms with Gasteiger partial charge in [-0.15, -0.1) is 0 Å². The molecule has 0 amide bonds. The summed E-state index contributed by atoms with van der Waals surface area (Å²) in [7, 11) is 0. The highest BCUT2D eigenvalue weighted by atomic mass is 16.3. The van der Waals surface area contributed by atoms with Gasteiger partial charge in [0.1, 0.15) is 5.75 Å². The quantitative estimate of drug-likeness (QED) is 0.704. The minimum atomic E-state index is 0.350. The minimum Gasteiger partial charge on any atom is -0.508 e. The fraction of sp³-hybridized carbons (Fsp3) is 0.167. The number of pyridine rings is 1. The van der Waals surface area contributed by atoms with Crippen LogP contribution < -0.4 is 5.32 Å². The van der Waals surface area contributed by atoms with E-state index < -0.39 is 0 Å². The third-order valence-corrected chi connectivity index (χ3v) is 3.63. The van der Waals surface area contributed by atoms with E-state index in [1.54, 1.807) is 12.3 Å². The van der Waals surface area contributed by atoms with Crippen LogP contribution >= 0.6 is 0 Å². The molecule has 2 aromatic carbocycles. The largest absolute Gasteiger partial charge is 0.508 e. The van der Waals surface area contributed by atoms with Crippen LogP contribution in [0.5, 0.6) is 5.75 Å². The van der Waals surface area contributed by atoms with Gasteiger partial charge in [-0.05, 0) is 41.4 Å². The van der Waals surface area contributed by atoms with Gasteiger partial charge in [0.25, 0.3) is 0 Å². The van der Waals surface area contributed by atoms with Gasteiger partial charge >= 0.3 is 0 Å². The molecule has 0 aliphatic heterocycles. The van der Waals surface area contributed by atoms with Crippen LogP contribution in [-0.4, -0.2) is 16.6 Å². The molecule has 0 unspecified atom stereocenters. The number of phenols is 1. The van der Waals surface area contributed by atoms with E-state index in [9.17, 15) is 5.11 Å². The van der Waals surface area contributed by atoms with Crippen LogP contribution in [0.4, 0.5) is 0 Å². The fourth-order valence-electron chi connectivity index (χ4n) is 2.50. The number of benzene rings is 2. The molecule has 0 saturated heterocycles. The second-order valence-electron chi connectivity index (χ2n) is 5.07. The molecule has 3 rings (SSSR count). The van der Waals surface area contributed by atoms with E-state index in [-0.39, 0.29) is 0 Å². The van der Waals surface area contributed by atoms with Gasteiger partial charge in [-0.2, -0.15) is 0 Å². The zero-order valence-electron chi connectivity index (χ0n) is 11.8. The molecule has 0 atom stereocenters. The third-order valence-electron chi connectivity index (χ3n) is 3.63. The standard InChI is InChI=1S/C18H18N2O/c21-18-8-7-15-5-1-2-6-16(15)17(18)13-20-11-9-14-4-3-10-19-12-14/h1-8,10,12,20-21H,9,11,13H2. The second kappa shape index (κ2) is 6.37. The predicted octanol–water partition coefficient (Wildman–Crippen LogP) is 3.27. The average Bonchev–Trinajstić information content (AvgIpc) is 2.54. The van der Waals surface area contributed by atoms with Gasteiger partial charge in [-0.25, -0.2) is 0 Å². The lowest BCUT2D eigenvalue weighted by Crippen LogP contribution is -2.17. The van der Waals surface area contributed by atoms with Crippen molar-refractivity contribution in [1.29, 1.82) is 0 Å². The lowest BCUT2D eigenvalue weighted by atomic mass is 10.0. The van der Waals surface area contributed by atoms with Gasteiger partial charge in [0, 0.05) is 24.5 Å². The number of fused-ring (bicyclic) bond motifs is 1. The van der Waals surface area contributed by atoms with E-state index in [1.807, 2.05) is 36.5 Å². The highest BCUT2D eigenvalue weighted by Gasteiger charge is 2.06. The number of aromatic nitrogens is 1. The molecule has 0 saturated carbocycles. The fourth-order valence-corrected chi connectivity index (χ4v) is 2.50. The number of nitrogens with zero attached hydrogens (tertiary/aromatic N) is 1. The van der Waals surface area contributed by atoms with Crippen LogP contribution in [0.1, 0.15) is 11.1 Å². The second-order valence-corrected chi connectivity index (χ2v) is 5.07. The summed E-state index contributed by atoms with van der Waals surface area (Å²) in [6, 6.07) is 15.9. The molecule has 0 aliphatic carbocycles. The van der Waals surface area contributed by atoms with Crippen molar-refractivity contribution >= 4 is 10.8 Å². The zero-order valence-corrected chi connectivity index (χ0v) is 11.8. The molecule has 3 nitrogen and oxygen atoms in total. The molecular weight excluding hydrogens is 260 g/mol. The summed E-state index contributed by atoms with van der Waals surface area (Å²) < 4.78 is 0. The summed E-state index contributed by atoms with van der Waals surface area (Å²) >= 11 is 0. The Morgan fingerprint density at radius 2 is 1.90 bits per heavy atom. The Morgan fingerprint density at radius 3 is 2.76 bits per heavy atom. The SMILES string of the molecule is Oc1ccc2ccccc2c1CNCCc1cccnc1. The first-order chi connectivity index (χ1) is 10.3. The highest BCUT2D eigenvalue weighted by molar-refractivity contribution is 5.87. The highest BCUT2D eigenvalue weighted by Crippen LogP contribution is 2.26. The van der Waals surface area contributed by atoms with Crippen molar-refractivity contribution in [2.45, 2.75) is 13.0 Å². The lowest BCUT2D eigenvalue weighted by Gasteiger charge is -2.10. The smallest absolute Gasteiger partial charge is 0.120 e. The van der Waals surface area contributed by atoms with Gasteiger partial charge in [0.15, 0.2) is 0 Å². The molecule has 106 valence electrons. The summed E-state index contributed by atoms with van der Waals surface area (Å²) in [5, 5.41) is 15.7. The lowest BCUT2D eigenvalue weighted by molar-refractivity contribution is 0.466. The van der Waals surface area contributed by atoms with Gasteiger partial charge in [0.2, 0.25) is 0 Å². The molecule has 21 heavy (non-hydrogen) atoms. The van der Waals surface area contributed by atoms with Gasteiger partial charge in [-0.1, -0.05) is 36.4 Å². The Balaban J connectivity index is 1.67. The maximum Gasteiger partial charge on any atom is 0.120 e. The number of nitrogens with one attached hydrogen (secondary N) is 1. The summed E-state index contributed by atoms with van der Waals surface area (Å²) in [6.07, 6.45) is 4.60. The van der Waals surface area contributed by atoms with Crippen LogP contribution in [0, 0.1) is 0 Å². The van der Waals surface area contributed by atoms with Gasteiger partial charge < -0.3 is 10.4 Å². The topological polar surface area (TPSA) is 45.1 Å². The monoisotopic (exact) mass is 278 g/mol. The molecule has 0 radical (unpaired) electrons. The normalized spacial score (nSPS) is 10.9. The number of phenolic OH excluding ortho intramolecular Hbond substituents is 1. The van der Waals surface area contributed by atoms with Crippen LogP contribution in [-0.2, 0) is 13.0 Å². The van der Waals surface area contributed by atoms with E-state index >= 15 is 0 Å². The molecule has 3 aromatic rings. The first-order valence-corrected chi connectivity index (χ1v) is 7.14. The predicted molar refractivity (Wildman–Crippen MR) is 85.3 cm³/mol. The van der Waals surface area contributed by atoms with Crippen molar-refractivity contribution in [3.63, 3.8) is 0 Å². The van der Waals surface area contributed by atoms with Crippen molar-refractivity contribution in [2.75, 3.05) is 6.54 Å². The van der Waals surface area contributed by atoms with Crippen molar-refractivity contribution < 1.29 is 5.11 Å². The van der Waals surface area contributed by atoms with E-state index in [0.29, 0.717) is 12.3 Å². The molecule has 0 bridgehead atoms. The van der Waals surface area contributed by atoms with Crippen LogP contribution in [0.2, 0.25) is 0 Å². The van der Waals surface area contributed by atoms with E-state index in [1.165, 1.54) is 5.56 Å². The first kappa shape index (κ1) is 13.6. The van der Waals surface area contributed by atoms with Crippen LogP contribution in [0.3, 0.4) is 0 Å². The number of hydrogen-bond acceptors (Lipinski definition) is 3. The Hall–Kier alpha value is -2.39. The van der Waals surface area contributed by atoms with Crippen molar-refractivity contribution in [2.24, 2.45) is 0 Å². The maximum atomic E-state index is 10.1. The van der Waals surface area contributed by atoms with E-state index in [0.717, 1.165) is 29.3 Å². The Morgan fingerprint density at radius 1 is 1.00 bits per heavy atom. The first-order valence-electron chi connectivity index (χ1n) is 7.14. The van der Waals surface area contributed by atoms with Gasteiger partial charge in [-0.3, -0.25) is 4.98 Å². The minimum absolute atomic E-state index is 0.350. The Labute approximate surface area is 124 Å². The van der Waals surface area contributed by atoms with E-state index in [4.69, 9.17) is 0 Å². The third kappa shape index (κ3) is 3.20. The molecular formula is C18H18N2O. The average molecular weight is 278 g/mol. The molecule has 0 spiro atoms. The Bertz CT molecular complexity index is 726. The molecule has 1 heterocycles. The number of aromatic hydroxyl groups is 1. The van der Waals surface area contributed by atoms with E-state index in [2.05, 4.69) is 22.4 Å². The summed E-state index contributed by atoms with van der Waals surface area (Å²) in [6.45, 7) is 1.52. The maximum absolute atomic E-state index is 10.1. The number of hydrogen-bond donors (Lipinski definition) is 2. The number of rotatable bonds is 5. The Kier molecular flexibility index (Phi) is 4.12. The van der Waals surface area contributed by atoms with Gasteiger partial charge in [0.05, 0.1) is 0 Å². The zero-order chi connectivity index (χ0) is 14.5. The van der Waals surface area contributed by atoms with Crippen LogP contribution in [0.25, 0.3) is 10.8 Å². The summed E-state index contributed by atoms with van der Waals surface area (Å²) in [5.74, 6) is 0.350. The molecule has 3 heteroatoms. The summed E-state index contributed by atoms with van der Waals surface area (Å²) in [4.78, 5) is 4.11. The summed E-state index contributed by atoms with van der Waals surface area (Å²) in [5.41, 5.74) is 2.17. The van der Waals surface area contributed by atoms with Crippen molar-refractivity contribution in [3.8, 4) is 5.75 Å². The molecule has 0 fully saturated rings. The van der Waals surface area contributed by atoms with Crippen LogP contribution in [0.15, 0.2) is 60.9 Å². The van der Waals surface area contributed by atoms with Crippen molar-refractivity contribution in [3.05, 3.63) is 72.1 Å². The molecule has 2 N–H and O–H groups in total. The molecule has 1 aromatic heterocycles. The molecule has 0 aliphatic rings. The van der Waals surface area contributed by atoms with Crippen molar-refractivity contribution in [1.82, 2.24) is 10.3 Å².